The van der Waals surface area contributed by atoms with E-state index in [4.69, 9.17) is 5.73 Å². The third-order valence-corrected chi connectivity index (χ3v) is 4.08. The van der Waals surface area contributed by atoms with Gasteiger partial charge in [-0.2, -0.15) is 13.2 Å². The quantitative estimate of drug-likeness (QED) is 0.925. The van der Waals surface area contributed by atoms with Crippen molar-refractivity contribution < 1.29 is 13.2 Å². The van der Waals surface area contributed by atoms with Gasteiger partial charge in [-0.3, -0.25) is 0 Å². The largest absolute Gasteiger partial charge is 0.417 e. The Balaban J connectivity index is 2.15. The van der Waals surface area contributed by atoms with Gasteiger partial charge in [0.25, 0.3) is 0 Å². The zero-order valence-corrected chi connectivity index (χ0v) is 12.3. The molecule has 0 aliphatic rings. The highest BCUT2D eigenvalue weighted by atomic mass is 32.2. The highest BCUT2D eigenvalue weighted by Crippen LogP contribution is 2.32. The van der Waals surface area contributed by atoms with Gasteiger partial charge in [-0.1, -0.05) is 23.9 Å². The molecule has 1 aromatic carbocycles. The number of hydrogen-bond donors (Lipinski definition) is 1. The van der Waals surface area contributed by atoms with Gasteiger partial charge in [0.2, 0.25) is 0 Å². The minimum Gasteiger partial charge on any atom is -0.330 e. The number of hydrogen-bond acceptors (Lipinski definition) is 3. The summed E-state index contributed by atoms with van der Waals surface area (Å²) in [5.74, 6) is 0. The molecule has 0 saturated carbocycles. The van der Waals surface area contributed by atoms with E-state index in [1.807, 2.05) is 25.1 Å². The molecule has 0 spiro atoms. The Morgan fingerprint density at radius 3 is 2.48 bits per heavy atom. The van der Waals surface area contributed by atoms with Crippen LogP contribution in [0.25, 0.3) is 0 Å². The van der Waals surface area contributed by atoms with Crippen LogP contribution in [0.5, 0.6) is 0 Å². The summed E-state index contributed by atoms with van der Waals surface area (Å²) in [5, 5.41) is 0.540. The van der Waals surface area contributed by atoms with Crippen LogP contribution in [0.4, 0.5) is 13.2 Å². The molecule has 0 amide bonds. The SMILES string of the molecule is Cc1cc(CCN)ccc1Sc1ccc(C(F)(F)F)cn1. The molecule has 0 aliphatic carbocycles. The van der Waals surface area contributed by atoms with Crippen LogP contribution in [-0.2, 0) is 12.6 Å². The fraction of sp³-hybridized carbons (Fsp3) is 0.267. The Morgan fingerprint density at radius 2 is 1.95 bits per heavy atom. The third kappa shape index (κ3) is 4.22. The van der Waals surface area contributed by atoms with E-state index in [9.17, 15) is 13.2 Å². The van der Waals surface area contributed by atoms with Crippen molar-refractivity contribution in [3.05, 3.63) is 53.2 Å². The molecule has 112 valence electrons. The number of alkyl halides is 3. The molecular weight excluding hydrogens is 297 g/mol. The predicted molar refractivity (Wildman–Crippen MR) is 77.3 cm³/mol. The summed E-state index contributed by atoms with van der Waals surface area (Å²) >= 11 is 1.35. The van der Waals surface area contributed by atoms with Crippen LogP contribution >= 0.6 is 11.8 Å². The number of pyridine rings is 1. The maximum absolute atomic E-state index is 12.5. The molecule has 2 N–H and O–H groups in total. The van der Waals surface area contributed by atoms with Gasteiger partial charge in [-0.25, -0.2) is 4.98 Å². The van der Waals surface area contributed by atoms with Gasteiger partial charge < -0.3 is 5.73 Å². The van der Waals surface area contributed by atoms with Gasteiger partial charge >= 0.3 is 6.18 Å². The second-order valence-electron chi connectivity index (χ2n) is 4.62. The van der Waals surface area contributed by atoms with Crippen LogP contribution in [0, 0.1) is 6.92 Å². The Labute approximate surface area is 125 Å². The number of nitrogens with zero attached hydrogens (tertiary/aromatic N) is 1. The van der Waals surface area contributed by atoms with Crippen LogP contribution in [0.1, 0.15) is 16.7 Å². The van der Waals surface area contributed by atoms with Gasteiger partial charge in [0.15, 0.2) is 0 Å². The molecule has 2 aromatic rings. The fourth-order valence-corrected chi connectivity index (χ4v) is 2.69. The minimum atomic E-state index is -4.35. The molecule has 0 aliphatic heterocycles. The van der Waals surface area contributed by atoms with Gasteiger partial charge in [-0.05, 0) is 49.2 Å². The molecule has 0 fully saturated rings. The molecule has 1 aromatic heterocycles. The van der Waals surface area contributed by atoms with Gasteiger partial charge in [0.1, 0.15) is 5.03 Å². The second-order valence-corrected chi connectivity index (χ2v) is 5.69. The number of nitrogens with two attached hydrogens (primary N) is 1. The van der Waals surface area contributed by atoms with Crippen molar-refractivity contribution in [2.24, 2.45) is 5.73 Å². The lowest BCUT2D eigenvalue weighted by molar-refractivity contribution is -0.137. The van der Waals surface area contributed by atoms with Crippen LogP contribution in [-0.4, -0.2) is 11.5 Å². The van der Waals surface area contributed by atoms with Gasteiger partial charge in [0.05, 0.1) is 5.56 Å². The van der Waals surface area contributed by atoms with Crippen LogP contribution < -0.4 is 5.73 Å². The molecule has 0 radical (unpaired) electrons. The Morgan fingerprint density at radius 1 is 1.19 bits per heavy atom. The van der Waals surface area contributed by atoms with Crippen molar-refractivity contribution in [2.45, 2.75) is 29.4 Å². The maximum Gasteiger partial charge on any atom is 0.417 e. The number of halogens is 3. The van der Waals surface area contributed by atoms with Crippen LogP contribution in [0.2, 0.25) is 0 Å². The molecule has 21 heavy (non-hydrogen) atoms. The zero-order valence-electron chi connectivity index (χ0n) is 11.4. The summed E-state index contributed by atoms with van der Waals surface area (Å²) in [6.45, 7) is 2.55. The normalized spacial score (nSPS) is 11.7. The molecule has 6 heteroatoms. The molecule has 1 heterocycles. The first-order valence-electron chi connectivity index (χ1n) is 6.41. The van der Waals surface area contributed by atoms with Crippen molar-refractivity contribution in [2.75, 3.05) is 6.54 Å². The number of aryl methyl sites for hydroxylation is 1. The van der Waals surface area contributed by atoms with Crippen molar-refractivity contribution in [1.82, 2.24) is 4.98 Å². The average molecular weight is 312 g/mol. The molecule has 2 nitrogen and oxygen atoms in total. The van der Waals surface area contributed by atoms with Crippen molar-refractivity contribution in [3.63, 3.8) is 0 Å². The summed E-state index contributed by atoms with van der Waals surface area (Å²) in [7, 11) is 0. The topological polar surface area (TPSA) is 38.9 Å². The first-order chi connectivity index (χ1) is 9.90. The summed E-state index contributed by atoms with van der Waals surface area (Å²) in [6.07, 6.45) is -2.68. The highest BCUT2D eigenvalue weighted by molar-refractivity contribution is 7.99. The zero-order chi connectivity index (χ0) is 15.5. The Hall–Kier alpha value is -1.53. The number of aromatic nitrogens is 1. The van der Waals surface area contributed by atoms with E-state index in [0.29, 0.717) is 11.6 Å². The van der Waals surface area contributed by atoms with Crippen molar-refractivity contribution in [1.29, 1.82) is 0 Å². The van der Waals surface area contributed by atoms with Crippen LogP contribution in [0.3, 0.4) is 0 Å². The van der Waals surface area contributed by atoms with E-state index in [1.165, 1.54) is 17.8 Å². The summed E-state index contributed by atoms with van der Waals surface area (Å²) in [6, 6.07) is 8.41. The number of benzene rings is 1. The fourth-order valence-electron chi connectivity index (χ4n) is 1.87. The van der Waals surface area contributed by atoms with Gasteiger partial charge in [-0.15, -0.1) is 0 Å². The lowest BCUT2D eigenvalue weighted by Crippen LogP contribution is -2.05. The Bertz CT molecular complexity index is 609. The summed E-state index contributed by atoms with van der Waals surface area (Å²) in [5.41, 5.74) is 7.00. The van der Waals surface area contributed by atoms with Gasteiger partial charge in [0, 0.05) is 11.1 Å². The monoisotopic (exact) mass is 312 g/mol. The molecular formula is C15H15F3N2S. The number of rotatable bonds is 4. The van der Waals surface area contributed by atoms with Crippen molar-refractivity contribution in [3.8, 4) is 0 Å². The standard InChI is InChI=1S/C15H15F3N2S/c1-10-8-11(6-7-19)2-4-13(10)21-14-5-3-12(9-20-14)15(16,17)18/h2-5,8-9H,6-7,19H2,1H3. The first-order valence-corrected chi connectivity index (χ1v) is 7.22. The second kappa shape index (κ2) is 6.49. The van der Waals surface area contributed by atoms with E-state index in [0.717, 1.165) is 34.7 Å². The molecule has 0 bridgehead atoms. The van der Waals surface area contributed by atoms with E-state index in [1.54, 1.807) is 0 Å². The first kappa shape index (κ1) is 15.9. The predicted octanol–water partition coefficient (Wildman–Crippen LogP) is 4.06. The van der Waals surface area contributed by atoms with E-state index >= 15 is 0 Å². The lowest BCUT2D eigenvalue weighted by atomic mass is 10.1. The highest BCUT2D eigenvalue weighted by Gasteiger charge is 2.30. The molecule has 0 atom stereocenters. The molecule has 0 saturated heterocycles. The average Bonchev–Trinajstić information content (AvgIpc) is 2.42. The minimum absolute atomic E-state index is 0.540. The smallest absolute Gasteiger partial charge is 0.330 e. The maximum atomic E-state index is 12.5. The van der Waals surface area contributed by atoms with E-state index in [2.05, 4.69) is 4.98 Å². The third-order valence-electron chi connectivity index (χ3n) is 2.95. The van der Waals surface area contributed by atoms with Crippen molar-refractivity contribution >= 4 is 11.8 Å². The summed E-state index contributed by atoms with van der Waals surface area (Å²) < 4.78 is 37.4. The Kier molecular flexibility index (Phi) is 4.90. The molecule has 0 unspecified atom stereocenters. The van der Waals surface area contributed by atoms with E-state index < -0.39 is 11.7 Å². The molecule has 2 rings (SSSR count). The van der Waals surface area contributed by atoms with Crippen LogP contribution in [0.15, 0.2) is 46.5 Å². The van der Waals surface area contributed by atoms with E-state index in [-0.39, 0.29) is 0 Å². The summed E-state index contributed by atoms with van der Waals surface area (Å²) in [4.78, 5) is 4.84. The lowest BCUT2D eigenvalue weighted by Gasteiger charge is -2.09.